The lowest BCUT2D eigenvalue weighted by Crippen LogP contribution is -2.06. The van der Waals surface area contributed by atoms with Crippen molar-refractivity contribution in [1.82, 2.24) is 14.8 Å². The molecule has 2 aromatic heterocycles. The molecule has 5 nitrogen and oxygen atoms in total. The Morgan fingerprint density at radius 1 is 1.41 bits per heavy atom. The Bertz CT molecular complexity index is 863. The summed E-state index contributed by atoms with van der Waals surface area (Å²) in [4.78, 5) is 15.9. The van der Waals surface area contributed by atoms with Gasteiger partial charge in [-0.3, -0.25) is 9.67 Å². The van der Waals surface area contributed by atoms with Crippen molar-refractivity contribution in [2.75, 3.05) is 7.11 Å². The number of methoxy groups -OCH3 is 1. The van der Waals surface area contributed by atoms with Gasteiger partial charge in [-0.15, -0.1) is 0 Å². The van der Waals surface area contributed by atoms with E-state index >= 15 is 0 Å². The third kappa shape index (κ3) is 3.07. The van der Waals surface area contributed by atoms with Gasteiger partial charge < -0.3 is 4.74 Å². The van der Waals surface area contributed by atoms with E-state index in [0.29, 0.717) is 17.3 Å². The summed E-state index contributed by atoms with van der Waals surface area (Å²) in [6.45, 7) is 0.551. The van der Waals surface area contributed by atoms with Crippen molar-refractivity contribution in [3.63, 3.8) is 0 Å². The lowest BCUT2D eigenvalue weighted by atomic mass is 10.1. The molecule has 3 rings (SSSR count). The number of esters is 1. The standard InChI is InChI=1S/C15H11ClIN3O2/c1-22-15(21)14-12(17)8-20(19-14)7-9-2-3-13-10(4-9)5-11(16)6-18-13/h2-6,8H,7H2,1H3. The third-order valence-electron chi connectivity index (χ3n) is 3.15. The topological polar surface area (TPSA) is 57.0 Å². The fraction of sp³-hybridized carbons (Fsp3) is 0.133. The van der Waals surface area contributed by atoms with Gasteiger partial charge in [-0.1, -0.05) is 17.7 Å². The molecule has 2 heterocycles. The first kappa shape index (κ1) is 15.2. The predicted molar refractivity (Wildman–Crippen MR) is 92.1 cm³/mol. The second-order valence-corrected chi connectivity index (χ2v) is 6.29. The van der Waals surface area contributed by atoms with E-state index in [1.54, 1.807) is 10.9 Å². The summed E-state index contributed by atoms with van der Waals surface area (Å²) in [5.41, 5.74) is 2.26. The van der Waals surface area contributed by atoms with Crippen molar-refractivity contribution in [1.29, 1.82) is 0 Å². The Morgan fingerprint density at radius 3 is 3.00 bits per heavy atom. The highest BCUT2D eigenvalue weighted by Gasteiger charge is 2.15. The number of aromatic nitrogens is 3. The second-order valence-electron chi connectivity index (χ2n) is 4.70. The lowest BCUT2D eigenvalue weighted by molar-refractivity contribution is 0.0592. The van der Waals surface area contributed by atoms with Crippen LogP contribution in [0.25, 0.3) is 10.9 Å². The number of pyridine rings is 1. The highest BCUT2D eigenvalue weighted by Crippen LogP contribution is 2.19. The van der Waals surface area contributed by atoms with Crippen LogP contribution in [0.4, 0.5) is 0 Å². The van der Waals surface area contributed by atoms with Crippen LogP contribution in [0.15, 0.2) is 36.7 Å². The summed E-state index contributed by atoms with van der Waals surface area (Å²) < 4.78 is 7.18. The van der Waals surface area contributed by atoms with Crippen LogP contribution in [0.2, 0.25) is 5.02 Å². The summed E-state index contributed by atoms with van der Waals surface area (Å²) in [6, 6.07) is 7.81. The number of hydrogen-bond donors (Lipinski definition) is 0. The van der Waals surface area contributed by atoms with E-state index in [9.17, 15) is 4.79 Å². The first-order chi connectivity index (χ1) is 10.6. The summed E-state index contributed by atoms with van der Waals surface area (Å²) >= 11 is 8.04. The summed E-state index contributed by atoms with van der Waals surface area (Å²) in [6.07, 6.45) is 3.44. The van der Waals surface area contributed by atoms with Crippen LogP contribution in [0, 0.1) is 3.57 Å². The van der Waals surface area contributed by atoms with Gasteiger partial charge in [0.2, 0.25) is 0 Å². The molecule has 0 aliphatic rings. The number of hydrogen-bond acceptors (Lipinski definition) is 4. The van der Waals surface area contributed by atoms with Gasteiger partial charge in [-0.05, 0) is 46.4 Å². The van der Waals surface area contributed by atoms with E-state index in [1.807, 2.05) is 30.5 Å². The Morgan fingerprint density at radius 2 is 2.23 bits per heavy atom. The zero-order chi connectivity index (χ0) is 15.7. The van der Waals surface area contributed by atoms with Gasteiger partial charge in [0, 0.05) is 17.8 Å². The molecule has 22 heavy (non-hydrogen) atoms. The molecule has 0 amide bonds. The predicted octanol–water partition coefficient (Wildman–Crippen LogP) is 3.52. The Balaban J connectivity index is 1.91. The van der Waals surface area contributed by atoms with Crippen LogP contribution < -0.4 is 0 Å². The van der Waals surface area contributed by atoms with Crippen LogP contribution in [-0.4, -0.2) is 27.8 Å². The van der Waals surface area contributed by atoms with Crippen LogP contribution >= 0.6 is 34.2 Å². The zero-order valence-corrected chi connectivity index (χ0v) is 14.5. The molecule has 0 spiro atoms. The summed E-state index contributed by atoms with van der Waals surface area (Å²) in [5.74, 6) is -0.433. The average molecular weight is 428 g/mol. The Labute approximate surface area is 145 Å². The number of carbonyl (C=O) groups excluding carboxylic acids is 1. The van der Waals surface area contributed by atoms with Crippen LogP contribution in [0.3, 0.4) is 0 Å². The molecule has 0 fully saturated rings. The minimum atomic E-state index is -0.433. The largest absolute Gasteiger partial charge is 0.464 e. The number of halogens is 2. The van der Waals surface area contributed by atoms with Crippen LogP contribution in [-0.2, 0) is 11.3 Å². The van der Waals surface area contributed by atoms with Gasteiger partial charge in [0.15, 0.2) is 5.69 Å². The SMILES string of the molecule is COC(=O)c1nn(Cc2ccc3ncc(Cl)cc3c2)cc1I. The van der Waals surface area contributed by atoms with Gasteiger partial charge in [-0.25, -0.2) is 4.79 Å². The molecular weight excluding hydrogens is 417 g/mol. The van der Waals surface area contributed by atoms with Gasteiger partial charge in [-0.2, -0.15) is 5.10 Å². The maximum absolute atomic E-state index is 11.6. The number of fused-ring (bicyclic) bond motifs is 1. The summed E-state index contributed by atoms with van der Waals surface area (Å²) in [5, 5.41) is 5.84. The fourth-order valence-electron chi connectivity index (χ4n) is 2.15. The van der Waals surface area contributed by atoms with E-state index in [0.717, 1.165) is 20.0 Å². The molecule has 1 aromatic carbocycles. The number of rotatable bonds is 3. The molecule has 3 aromatic rings. The molecule has 0 saturated heterocycles. The van der Waals surface area contributed by atoms with Crippen molar-refractivity contribution < 1.29 is 9.53 Å². The van der Waals surface area contributed by atoms with Gasteiger partial charge in [0.05, 0.1) is 27.8 Å². The van der Waals surface area contributed by atoms with Gasteiger partial charge >= 0.3 is 5.97 Å². The third-order valence-corrected chi connectivity index (χ3v) is 4.15. The van der Waals surface area contributed by atoms with Gasteiger partial charge in [0.25, 0.3) is 0 Å². The molecule has 0 bridgehead atoms. The molecule has 0 unspecified atom stereocenters. The molecule has 112 valence electrons. The molecule has 0 aliphatic heterocycles. The lowest BCUT2D eigenvalue weighted by Gasteiger charge is -2.04. The maximum atomic E-state index is 11.6. The van der Waals surface area contributed by atoms with Gasteiger partial charge in [0.1, 0.15) is 0 Å². The number of carbonyl (C=O) groups is 1. The highest BCUT2D eigenvalue weighted by molar-refractivity contribution is 14.1. The minimum Gasteiger partial charge on any atom is -0.464 e. The quantitative estimate of drug-likeness (QED) is 0.474. The Hall–Kier alpha value is -1.67. The molecule has 0 N–H and O–H groups in total. The molecule has 0 radical (unpaired) electrons. The van der Waals surface area contributed by atoms with Crippen molar-refractivity contribution in [3.8, 4) is 0 Å². The molecule has 7 heteroatoms. The summed E-state index contributed by atoms with van der Waals surface area (Å²) in [7, 11) is 1.34. The average Bonchev–Trinajstić information content (AvgIpc) is 2.86. The minimum absolute atomic E-state index is 0.327. The van der Waals surface area contributed by atoms with Crippen molar-refractivity contribution in [2.45, 2.75) is 6.54 Å². The van der Waals surface area contributed by atoms with Crippen LogP contribution in [0.5, 0.6) is 0 Å². The first-order valence-electron chi connectivity index (χ1n) is 6.42. The fourth-order valence-corrected chi connectivity index (χ4v) is 2.97. The highest BCUT2D eigenvalue weighted by atomic mass is 127. The zero-order valence-electron chi connectivity index (χ0n) is 11.6. The Kier molecular flexibility index (Phi) is 4.30. The first-order valence-corrected chi connectivity index (χ1v) is 7.88. The van der Waals surface area contributed by atoms with E-state index in [1.165, 1.54) is 7.11 Å². The maximum Gasteiger partial charge on any atom is 0.359 e. The molecule has 0 atom stereocenters. The molecule has 0 saturated carbocycles. The number of ether oxygens (including phenoxy) is 1. The number of nitrogens with zero attached hydrogens (tertiary/aromatic N) is 3. The van der Waals surface area contributed by atoms with Crippen molar-refractivity contribution in [3.05, 3.63) is 56.5 Å². The van der Waals surface area contributed by atoms with E-state index in [4.69, 9.17) is 16.3 Å². The van der Waals surface area contributed by atoms with E-state index in [2.05, 4.69) is 32.7 Å². The molecule has 0 aliphatic carbocycles. The van der Waals surface area contributed by atoms with Crippen LogP contribution in [0.1, 0.15) is 16.1 Å². The van der Waals surface area contributed by atoms with E-state index < -0.39 is 5.97 Å². The second kappa shape index (κ2) is 6.21. The van der Waals surface area contributed by atoms with Crippen molar-refractivity contribution in [2.24, 2.45) is 0 Å². The van der Waals surface area contributed by atoms with E-state index in [-0.39, 0.29) is 0 Å². The monoisotopic (exact) mass is 427 g/mol. The normalized spacial score (nSPS) is 10.9. The smallest absolute Gasteiger partial charge is 0.359 e. The molecular formula is C15H11ClIN3O2. The number of benzene rings is 1. The van der Waals surface area contributed by atoms with Crippen molar-refractivity contribution >= 4 is 51.1 Å².